The van der Waals surface area contributed by atoms with Crippen LogP contribution in [0.2, 0.25) is 0 Å². The number of hydrogen-bond donors (Lipinski definition) is 1. The Hall–Kier alpha value is -2.15. The van der Waals surface area contributed by atoms with Gasteiger partial charge < -0.3 is 10.1 Å². The van der Waals surface area contributed by atoms with E-state index in [1.807, 2.05) is 20.8 Å². The fourth-order valence-corrected chi connectivity index (χ4v) is 3.09. The molecule has 0 spiro atoms. The monoisotopic (exact) mass is 307 g/mol. The zero-order chi connectivity index (χ0) is 15.6. The number of nitro groups is 1. The molecule has 0 fully saturated rings. The van der Waals surface area contributed by atoms with Crippen molar-refractivity contribution in [2.24, 2.45) is 0 Å². The highest BCUT2D eigenvalue weighted by molar-refractivity contribution is 7.11. The smallest absolute Gasteiger partial charge is 0.296 e. The van der Waals surface area contributed by atoms with Crippen molar-refractivity contribution in [1.82, 2.24) is 4.98 Å². The van der Waals surface area contributed by atoms with Gasteiger partial charge in [0.05, 0.1) is 34.8 Å². The van der Waals surface area contributed by atoms with Gasteiger partial charge in [0.25, 0.3) is 5.69 Å². The number of rotatable bonds is 5. The van der Waals surface area contributed by atoms with Crippen LogP contribution >= 0.6 is 11.3 Å². The maximum absolute atomic E-state index is 11.2. The molecule has 21 heavy (non-hydrogen) atoms. The first-order valence-electron chi connectivity index (χ1n) is 6.45. The molecule has 6 nitrogen and oxygen atoms in total. The molecule has 1 N–H and O–H groups in total. The molecule has 1 unspecified atom stereocenters. The molecule has 1 atom stereocenters. The van der Waals surface area contributed by atoms with Crippen molar-refractivity contribution in [2.75, 3.05) is 12.4 Å². The van der Waals surface area contributed by atoms with Crippen molar-refractivity contribution in [1.29, 1.82) is 0 Å². The van der Waals surface area contributed by atoms with Crippen LogP contribution in [0.5, 0.6) is 5.75 Å². The van der Waals surface area contributed by atoms with Crippen LogP contribution in [0, 0.1) is 24.0 Å². The molecule has 0 aliphatic heterocycles. The molecule has 0 bridgehead atoms. The van der Waals surface area contributed by atoms with E-state index in [0.29, 0.717) is 11.4 Å². The molecular weight excluding hydrogens is 290 g/mol. The summed E-state index contributed by atoms with van der Waals surface area (Å²) in [5.74, 6) is 0.463. The molecule has 2 aromatic rings. The number of benzene rings is 1. The average molecular weight is 307 g/mol. The minimum absolute atomic E-state index is 0.0000836. The van der Waals surface area contributed by atoms with Crippen LogP contribution in [-0.4, -0.2) is 17.0 Å². The largest absolute Gasteiger partial charge is 0.496 e. The Morgan fingerprint density at radius 2 is 2.14 bits per heavy atom. The Morgan fingerprint density at radius 1 is 1.43 bits per heavy atom. The maximum atomic E-state index is 11.2. The Morgan fingerprint density at radius 3 is 2.67 bits per heavy atom. The minimum Gasteiger partial charge on any atom is -0.496 e. The molecular formula is C14H17N3O3S. The first kappa shape index (κ1) is 15.2. The molecule has 0 aliphatic rings. The van der Waals surface area contributed by atoms with Crippen molar-refractivity contribution < 1.29 is 9.66 Å². The van der Waals surface area contributed by atoms with Gasteiger partial charge in [0.2, 0.25) is 0 Å². The van der Waals surface area contributed by atoms with Crippen LogP contribution in [0.15, 0.2) is 18.2 Å². The summed E-state index contributed by atoms with van der Waals surface area (Å²) in [6, 6.07) is 4.73. The highest BCUT2D eigenvalue weighted by Gasteiger charge is 2.19. The summed E-state index contributed by atoms with van der Waals surface area (Å²) < 4.78 is 5.03. The molecule has 112 valence electrons. The fourth-order valence-electron chi connectivity index (χ4n) is 2.16. The summed E-state index contributed by atoms with van der Waals surface area (Å²) in [6.45, 7) is 5.86. The molecule has 1 aromatic heterocycles. The number of nitro benzene ring substituents is 1. The second kappa shape index (κ2) is 6.09. The number of hydrogen-bond acceptors (Lipinski definition) is 6. The van der Waals surface area contributed by atoms with Gasteiger partial charge >= 0.3 is 0 Å². The van der Waals surface area contributed by atoms with Gasteiger partial charge in [-0.15, -0.1) is 11.3 Å². The quantitative estimate of drug-likeness (QED) is 0.670. The molecule has 0 saturated carbocycles. The van der Waals surface area contributed by atoms with Gasteiger partial charge in [-0.2, -0.15) is 0 Å². The summed E-state index contributed by atoms with van der Waals surface area (Å²) in [7, 11) is 1.48. The number of thiazole rings is 1. The van der Waals surface area contributed by atoms with Crippen LogP contribution in [0.4, 0.5) is 11.4 Å². The second-order valence-corrected chi connectivity index (χ2v) is 5.92. The lowest BCUT2D eigenvalue weighted by Crippen LogP contribution is -2.08. The van der Waals surface area contributed by atoms with E-state index in [0.717, 1.165) is 15.6 Å². The number of ether oxygens (including phenoxy) is 1. The van der Waals surface area contributed by atoms with Crippen LogP contribution in [0.1, 0.15) is 28.5 Å². The van der Waals surface area contributed by atoms with Crippen molar-refractivity contribution in [3.63, 3.8) is 0 Å². The van der Waals surface area contributed by atoms with Gasteiger partial charge in [-0.3, -0.25) is 10.1 Å². The van der Waals surface area contributed by atoms with E-state index in [1.165, 1.54) is 13.2 Å². The van der Waals surface area contributed by atoms with Crippen molar-refractivity contribution in [3.8, 4) is 5.75 Å². The highest BCUT2D eigenvalue weighted by Crippen LogP contribution is 2.33. The molecule has 0 aliphatic carbocycles. The molecule has 0 amide bonds. The number of aromatic nitrogens is 1. The average Bonchev–Trinajstić information content (AvgIpc) is 2.78. The fraction of sp³-hybridized carbons (Fsp3) is 0.357. The van der Waals surface area contributed by atoms with E-state index in [4.69, 9.17) is 4.74 Å². The van der Waals surface area contributed by atoms with Crippen molar-refractivity contribution >= 4 is 22.7 Å². The van der Waals surface area contributed by atoms with Gasteiger partial charge in [0.1, 0.15) is 11.4 Å². The third kappa shape index (κ3) is 3.30. The first-order valence-corrected chi connectivity index (χ1v) is 7.27. The van der Waals surface area contributed by atoms with Crippen LogP contribution in [0.3, 0.4) is 0 Å². The number of nitrogens with zero attached hydrogens (tertiary/aromatic N) is 2. The molecule has 1 heterocycles. The zero-order valence-corrected chi connectivity index (χ0v) is 13.2. The minimum atomic E-state index is -0.414. The Bertz CT molecular complexity index is 669. The summed E-state index contributed by atoms with van der Waals surface area (Å²) in [4.78, 5) is 16.2. The Kier molecular flexibility index (Phi) is 4.42. The predicted molar refractivity (Wildman–Crippen MR) is 83.3 cm³/mol. The third-order valence-electron chi connectivity index (χ3n) is 3.11. The summed E-state index contributed by atoms with van der Waals surface area (Å²) in [5, 5.41) is 15.4. The number of methoxy groups -OCH3 is 1. The Balaban J connectivity index is 2.30. The normalized spacial score (nSPS) is 12.0. The van der Waals surface area contributed by atoms with Gasteiger partial charge in [-0.1, -0.05) is 0 Å². The van der Waals surface area contributed by atoms with E-state index in [-0.39, 0.29) is 11.7 Å². The summed E-state index contributed by atoms with van der Waals surface area (Å²) in [6.07, 6.45) is 0. The second-order valence-electron chi connectivity index (χ2n) is 4.69. The van der Waals surface area contributed by atoms with E-state index in [1.54, 1.807) is 23.5 Å². The van der Waals surface area contributed by atoms with E-state index in [2.05, 4.69) is 10.3 Å². The first-order chi connectivity index (χ1) is 9.92. The topological polar surface area (TPSA) is 77.3 Å². The molecule has 1 aromatic carbocycles. The SMILES string of the molecule is COc1ccc(NC(C)c2sc(C)nc2C)c([N+](=O)[O-])c1. The Labute approximate surface area is 126 Å². The van der Waals surface area contributed by atoms with Crippen molar-refractivity contribution in [2.45, 2.75) is 26.8 Å². The molecule has 0 saturated heterocycles. The summed E-state index contributed by atoms with van der Waals surface area (Å²) >= 11 is 1.60. The van der Waals surface area contributed by atoms with Crippen LogP contribution in [0.25, 0.3) is 0 Å². The predicted octanol–water partition coefficient (Wildman–Crippen LogP) is 3.85. The lowest BCUT2D eigenvalue weighted by Gasteiger charge is -2.15. The summed E-state index contributed by atoms with van der Waals surface area (Å²) in [5.41, 5.74) is 1.42. The zero-order valence-electron chi connectivity index (χ0n) is 12.3. The maximum Gasteiger partial charge on any atom is 0.296 e. The lowest BCUT2D eigenvalue weighted by atomic mass is 10.2. The van der Waals surface area contributed by atoms with Gasteiger partial charge in [-0.25, -0.2) is 4.98 Å². The van der Waals surface area contributed by atoms with E-state index >= 15 is 0 Å². The number of nitrogens with one attached hydrogen (secondary N) is 1. The number of aryl methyl sites for hydroxylation is 2. The third-order valence-corrected chi connectivity index (χ3v) is 4.36. The standard InChI is InChI=1S/C14H17N3O3S/c1-8-14(21-10(3)15-8)9(2)16-12-6-5-11(20-4)7-13(12)17(18)19/h5-7,9,16H,1-4H3. The van der Waals surface area contributed by atoms with Crippen LogP contribution in [-0.2, 0) is 0 Å². The molecule has 7 heteroatoms. The van der Waals surface area contributed by atoms with Gasteiger partial charge in [-0.05, 0) is 32.9 Å². The van der Waals surface area contributed by atoms with E-state index in [9.17, 15) is 10.1 Å². The van der Waals surface area contributed by atoms with Crippen LogP contribution < -0.4 is 10.1 Å². The lowest BCUT2D eigenvalue weighted by molar-refractivity contribution is -0.384. The highest BCUT2D eigenvalue weighted by atomic mass is 32.1. The number of anilines is 1. The van der Waals surface area contributed by atoms with Crippen molar-refractivity contribution in [3.05, 3.63) is 43.9 Å². The van der Waals surface area contributed by atoms with Gasteiger partial charge in [0, 0.05) is 4.88 Å². The molecule has 0 radical (unpaired) electrons. The van der Waals surface area contributed by atoms with Gasteiger partial charge in [0.15, 0.2) is 0 Å². The van der Waals surface area contributed by atoms with E-state index < -0.39 is 4.92 Å². The molecule has 2 rings (SSSR count).